The normalized spacial score (nSPS) is 12.2. The van der Waals surface area contributed by atoms with Gasteiger partial charge in [-0.3, -0.25) is 4.98 Å². The maximum Gasteiger partial charge on any atom is 0.161 e. The number of rotatable bonds is 6. The van der Waals surface area contributed by atoms with Crippen molar-refractivity contribution < 1.29 is 5.11 Å². The van der Waals surface area contributed by atoms with E-state index in [1.165, 1.54) is 11.1 Å². The molecule has 52 heavy (non-hydrogen) atoms. The Hall–Kier alpha value is -5.55. The van der Waals surface area contributed by atoms with Gasteiger partial charge in [-0.25, -0.2) is 9.97 Å². The fourth-order valence-electron chi connectivity index (χ4n) is 7.02. The Labute approximate surface area is 308 Å². The number of fused-ring (bicyclic) bond motifs is 1. The summed E-state index contributed by atoms with van der Waals surface area (Å²) in [6.45, 7) is 19.5. The maximum atomic E-state index is 11.9. The predicted molar refractivity (Wildman–Crippen MR) is 217 cm³/mol. The summed E-state index contributed by atoms with van der Waals surface area (Å²) in [7, 11) is 0. The van der Waals surface area contributed by atoms with Crippen LogP contribution in [-0.4, -0.2) is 24.6 Å². The SMILES string of the molecule is Cc1cnc(-c2cccc(-c3ccnc4c3nc(-c3cc(C(C)(C)C)cc(C(C)(C)C)c3O)n4C(C)C)c2)cc1-c1ccc(-c2ccccc2)cc1. The molecule has 5 heteroatoms. The van der Waals surface area contributed by atoms with Gasteiger partial charge in [0, 0.05) is 35.1 Å². The van der Waals surface area contributed by atoms with Crippen molar-refractivity contribution in [2.45, 2.75) is 79.2 Å². The number of nitrogens with zero attached hydrogens (tertiary/aromatic N) is 4. The summed E-state index contributed by atoms with van der Waals surface area (Å²) in [4.78, 5) is 15.1. The van der Waals surface area contributed by atoms with Gasteiger partial charge in [0.15, 0.2) is 5.65 Å². The maximum absolute atomic E-state index is 11.9. The second kappa shape index (κ2) is 13.2. The molecule has 0 fully saturated rings. The third-order valence-electron chi connectivity index (χ3n) is 10.00. The molecule has 3 heterocycles. The molecular weight excluding hydrogens is 637 g/mol. The number of hydrogen-bond donors (Lipinski definition) is 1. The Bertz CT molecular complexity index is 2410. The minimum absolute atomic E-state index is 0.0572. The lowest BCUT2D eigenvalue weighted by Crippen LogP contribution is -2.17. The Kier molecular flexibility index (Phi) is 8.86. The number of aromatic hydroxyl groups is 1. The first kappa shape index (κ1) is 34.9. The molecule has 0 amide bonds. The van der Waals surface area contributed by atoms with Crippen LogP contribution in [0.4, 0.5) is 0 Å². The van der Waals surface area contributed by atoms with Crippen LogP contribution in [0.25, 0.3) is 67.2 Å². The minimum atomic E-state index is -0.256. The third-order valence-corrected chi connectivity index (χ3v) is 10.00. The molecule has 0 aliphatic rings. The highest BCUT2D eigenvalue weighted by atomic mass is 16.3. The van der Waals surface area contributed by atoms with E-state index in [0.29, 0.717) is 0 Å². The summed E-state index contributed by atoms with van der Waals surface area (Å²) in [5, 5.41) is 11.9. The van der Waals surface area contributed by atoms with Crippen LogP contribution in [0.2, 0.25) is 0 Å². The summed E-state index contributed by atoms with van der Waals surface area (Å²) in [5.74, 6) is 0.996. The van der Waals surface area contributed by atoms with E-state index in [4.69, 9.17) is 15.0 Å². The minimum Gasteiger partial charge on any atom is -0.507 e. The van der Waals surface area contributed by atoms with Crippen molar-refractivity contribution in [3.05, 3.63) is 132 Å². The van der Waals surface area contributed by atoms with Crippen molar-refractivity contribution in [3.63, 3.8) is 0 Å². The fraction of sp³-hybridized carbons (Fsp3) is 0.255. The van der Waals surface area contributed by atoms with Crippen LogP contribution in [0.15, 0.2) is 116 Å². The summed E-state index contributed by atoms with van der Waals surface area (Å²) in [6, 6.07) is 36.3. The van der Waals surface area contributed by atoms with Crippen molar-refractivity contribution >= 4 is 11.2 Å². The number of aromatic nitrogens is 4. The third kappa shape index (κ3) is 6.52. The van der Waals surface area contributed by atoms with Gasteiger partial charge in [-0.05, 0) is 94.8 Å². The molecule has 0 bridgehead atoms. The lowest BCUT2D eigenvalue weighted by molar-refractivity contribution is 0.445. The zero-order valence-electron chi connectivity index (χ0n) is 31.8. The molecule has 5 nitrogen and oxygen atoms in total. The van der Waals surface area contributed by atoms with Crippen LogP contribution in [0.1, 0.15) is 78.1 Å². The molecule has 0 aliphatic heterocycles. The lowest BCUT2D eigenvalue weighted by atomic mass is 9.79. The zero-order valence-corrected chi connectivity index (χ0v) is 31.8. The molecular formula is C47H48N4O. The van der Waals surface area contributed by atoms with E-state index in [2.05, 4.69) is 158 Å². The average Bonchev–Trinajstić information content (AvgIpc) is 3.51. The Balaban J connectivity index is 1.33. The molecule has 0 saturated heterocycles. The molecule has 7 aromatic rings. The van der Waals surface area contributed by atoms with Gasteiger partial charge in [0.2, 0.25) is 0 Å². The van der Waals surface area contributed by atoms with Crippen molar-refractivity contribution in [2.24, 2.45) is 0 Å². The Morgan fingerprint density at radius 1 is 0.615 bits per heavy atom. The van der Waals surface area contributed by atoms with E-state index in [0.717, 1.165) is 72.8 Å². The van der Waals surface area contributed by atoms with Gasteiger partial charge in [-0.1, -0.05) is 120 Å². The topological polar surface area (TPSA) is 63.8 Å². The Morgan fingerprint density at radius 2 is 1.27 bits per heavy atom. The summed E-state index contributed by atoms with van der Waals surface area (Å²) in [5.41, 5.74) is 13.8. The van der Waals surface area contributed by atoms with Crippen molar-refractivity contribution in [1.82, 2.24) is 19.5 Å². The molecule has 0 aliphatic carbocycles. The molecule has 3 aromatic heterocycles. The van der Waals surface area contributed by atoms with E-state index < -0.39 is 0 Å². The first-order valence-corrected chi connectivity index (χ1v) is 18.2. The monoisotopic (exact) mass is 684 g/mol. The molecule has 1 N–H and O–H groups in total. The molecule has 0 unspecified atom stereocenters. The standard InChI is InChI=1S/C47H48N4O/c1-29(2)51-44(39-25-36(46(4,5)6)26-40(43(39)52)47(7,8)9)50-42-37(22-23-48-45(42)51)34-16-13-17-35(24-34)41-27-38(30(3)28-49-41)33-20-18-32(19-21-33)31-14-11-10-12-15-31/h10-29,52H,1-9H3. The number of benzene rings is 4. The molecule has 0 radical (unpaired) electrons. The van der Waals surface area contributed by atoms with Crippen molar-refractivity contribution in [3.8, 4) is 61.8 Å². The highest BCUT2D eigenvalue weighted by Crippen LogP contribution is 2.44. The van der Waals surface area contributed by atoms with Gasteiger partial charge in [0.25, 0.3) is 0 Å². The van der Waals surface area contributed by atoms with Gasteiger partial charge >= 0.3 is 0 Å². The van der Waals surface area contributed by atoms with E-state index in [1.807, 2.05) is 24.5 Å². The second-order valence-corrected chi connectivity index (χ2v) is 16.3. The molecule has 0 saturated carbocycles. The molecule has 7 rings (SSSR count). The number of phenols is 1. The number of aryl methyl sites for hydroxylation is 1. The van der Waals surface area contributed by atoms with Gasteiger partial charge in [-0.2, -0.15) is 0 Å². The smallest absolute Gasteiger partial charge is 0.161 e. The van der Waals surface area contributed by atoms with Gasteiger partial charge in [0.1, 0.15) is 17.1 Å². The molecule has 262 valence electrons. The van der Waals surface area contributed by atoms with E-state index in [9.17, 15) is 5.11 Å². The number of phenolic OH excluding ortho intramolecular Hbond substituents is 1. The van der Waals surface area contributed by atoms with Gasteiger partial charge < -0.3 is 9.67 Å². The summed E-state index contributed by atoms with van der Waals surface area (Å²) < 4.78 is 2.16. The van der Waals surface area contributed by atoms with Crippen LogP contribution in [0.5, 0.6) is 5.75 Å². The summed E-state index contributed by atoms with van der Waals surface area (Å²) >= 11 is 0. The number of pyridine rings is 2. The van der Waals surface area contributed by atoms with Gasteiger partial charge in [-0.15, -0.1) is 0 Å². The molecule has 0 spiro atoms. The van der Waals surface area contributed by atoms with Gasteiger partial charge in [0.05, 0.1) is 11.3 Å². The zero-order chi connectivity index (χ0) is 36.9. The molecule has 4 aromatic carbocycles. The van der Waals surface area contributed by atoms with Crippen LogP contribution in [0.3, 0.4) is 0 Å². The van der Waals surface area contributed by atoms with E-state index >= 15 is 0 Å². The Morgan fingerprint density at radius 3 is 1.94 bits per heavy atom. The van der Waals surface area contributed by atoms with Crippen LogP contribution >= 0.6 is 0 Å². The van der Waals surface area contributed by atoms with Crippen molar-refractivity contribution in [2.75, 3.05) is 0 Å². The van der Waals surface area contributed by atoms with E-state index in [1.54, 1.807) is 0 Å². The van der Waals surface area contributed by atoms with Crippen LogP contribution in [-0.2, 0) is 10.8 Å². The fourth-order valence-corrected chi connectivity index (χ4v) is 7.02. The summed E-state index contributed by atoms with van der Waals surface area (Å²) in [6.07, 6.45) is 3.83. The van der Waals surface area contributed by atoms with E-state index in [-0.39, 0.29) is 22.6 Å². The first-order valence-electron chi connectivity index (χ1n) is 18.2. The quantitative estimate of drug-likeness (QED) is 0.189. The van der Waals surface area contributed by atoms with Crippen LogP contribution < -0.4 is 0 Å². The highest BCUT2D eigenvalue weighted by Gasteiger charge is 2.29. The average molecular weight is 685 g/mol. The predicted octanol–water partition coefficient (Wildman–Crippen LogP) is 12.4. The highest BCUT2D eigenvalue weighted by molar-refractivity contribution is 5.93. The second-order valence-electron chi connectivity index (χ2n) is 16.3. The van der Waals surface area contributed by atoms with Crippen LogP contribution in [0, 0.1) is 6.92 Å². The number of hydrogen-bond acceptors (Lipinski definition) is 4. The number of imidazole rings is 1. The van der Waals surface area contributed by atoms with Crippen molar-refractivity contribution in [1.29, 1.82) is 0 Å². The first-order chi connectivity index (χ1) is 24.7. The molecule has 0 atom stereocenters. The lowest BCUT2D eigenvalue weighted by Gasteiger charge is -2.27. The largest absolute Gasteiger partial charge is 0.507 e.